The van der Waals surface area contributed by atoms with Crippen molar-refractivity contribution in [1.82, 2.24) is 19.9 Å². The normalized spacial score (nSPS) is 10.9. The predicted molar refractivity (Wildman–Crippen MR) is 138 cm³/mol. The average Bonchev–Trinajstić information content (AvgIpc) is 2.85. The topological polar surface area (TPSA) is 93.0 Å². The lowest BCUT2D eigenvalue weighted by atomic mass is 10.2. The van der Waals surface area contributed by atoms with Gasteiger partial charge in [0, 0.05) is 21.6 Å². The molecule has 0 fully saturated rings. The summed E-state index contributed by atoms with van der Waals surface area (Å²) in [6, 6.07) is 22.2. The van der Waals surface area contributed by atoms with E-state index in [0.29, 0.717) is 22.4 Å². The molecule has 0 saturated heterocycles. The van der Waals surface area contributed by atoms with Crippen LogP contribution < -0.4 is 10.1 Å². The van der Waals surface area contributed by atoms with Crippen molar-refractivity contribution < 1.29 is 9.84 Å². The highest BCUT2D eigenvalue weighted by Crippen LogP contribution is 2.38. The number of benzene rings is 2. The maximum Gasteiger partial charge on any atom is 0.164 e. The molecule has 0 atom stereocenters. The minimum Gasteiger partial charge on any atom is -0.508 e. The zero-order chi connectivity index (χ0) is 24.2. The van der Waals surface area contributed by atoms with Crippen LogP contribution in [0.5, 0.6) is 11.5 Å². The van der Waals surface area contributed by atoms with Gasteiger partial charge in [0.25, 0.3) is 0 Å². The first kappa shape index (κ1) is 22.9. The number of hydrogen-bond donors (Lipinski definition) is 2. The number of phenols is 1. The van der Waals surface area contributed by atoms with Gasteiger partial charge in [0.05, 0.1) is 16.8 Å². The molecule has 2 aromatic carbocycles. The third-order valence-electron chi connectivity index (χ3n) is 5.06. The predicted octanol–water partition coefficient (Wildman–Crippen LogP) is 6.56. The van der Waals surface area contributed by atoms with Crippen molar-refractivity contribution in [3.63, 3.8) is 0 Å². The molecule has 2 N–H and O–H groups in total. The van der Waals surface area contributed by atoms with Gasteiger partial charge in [-0.1, -0.05) is 29.4 Å². The van der Waals surface area contributed by atoms with Crippen LogP contribution in [0.1, 0.15) is 11.4 Å². The van der Waals surface area contributed by atoms with E-state index in [4.69, 9.17) is 16.3 Å². The number of aromatic hydroxyl groups is 1. The van der Waals surface area contributed by atoms with Crippen molar-refractivity contribution in [1.29, 1.82) is 0 Å². The van der Waals surface area contributed by atoms with Crippen molar-refractivity contribution in [3.8, 4) is 11.5 Å². The summed E-state index contributed by atoms with van der Waals surface area (Å²) in [6.07, 6.45) is 1.50. The third kappa shape index (κ3) is 5.62. The van der Waals surface area contributed by atoms with Crippen molar-refractivity contribution in [2.24, 2.45) is 0 Å². The molecule has 5 aromatic rings. The van der Waals surface area contributed by atoms with E-state index >= 15 is 0 Å². The third-order valence-corrected chi connectivity index (χ3v) is 6.36. The molecule has 0 aliphatic carbocycles. The molecule has 3 aromatic heterocycles. The summed E-state index contributed by atoms with van der Waals surface area (Å²) >= 11 is 7.55. The number of ether oxygens (including phenoxy) is 1. The molecular weight excluding hydrogens is 482 g/mol. The number of nitrogens with one attached hydrogen (secondary N) is 1. The van der Waals surface area contributed by atoms with Crippen LogP contribution in [-0.2, 0) is 6.61 Å². The number of aromatic nitrogens is 4. The summed E-state index contributed by atoms with van der Waals surface area (Å²) in [6.45, 7) is 2.21. The Morgan fingerprint density at radius 3 is 2.66 bits per heavy atom. The van der Waals surface area contributed by atoms with Crippen LogP contribution in [0.15, 0.2) is 88.9 Å². The molecule has 0 aliphatic heterocycles. The summed E-state index contributed by atoms with van der Waals surface area (Å²) < 4.78 is 6.00. The first-order valence-corrected chi connectivity index (χ1v) is 11.9. The van der Waals surface area contributed by atoms with Crippen LogP contribution in [0.2, 0.25) is 5.15 Å². The second kappa shape index (κ2) is 10.2. The Bertz CT molecular complexity index is 1500. The zero-order valence-corrected chi connectivity index (χ0v) is 20.2. The number of pyridine rings is 2. The minimum atomic E-state index is 0.223. The highest BCUT2D eigenvalue weighted by molar-refractivity contribution is 7.99. The lowest BCUT2D eigenvalue weighted by molar-refractivity contribution is 0.301. The summed E-state index contributed by atoms with van der Waals surface area (Å²) in [4.78, 5) is 19.5. The molecule has 174 valence electrons. The van der Waals surface area contributed by atoms with E-state index < -0.39 is 0 Å². The van der Waals surface area contributed by atoms with Gasteiger partial charge in [-0.25, -0.2) is 19.9 Å². The number of aryl methyl sites for hydroxylation is 1. The maximum absolute atomic E-state index is 9.63. The van der Waals surface area contributed by atoms with Crippen molar-refractivity contribution in [3.05, 3.63) is 95.7 Å². The maximum atomic E-state index is 9.63. The SMILES string of the molecule is Cc1ccc2c(Nc3cc(OCc4cccc(Cl)n4)ccc3Sc3ccc(O)cc3)ncnc2n1. The summed E-state index contributed by atoms with van der Waals surface area (Å²) in [5.41, 5.74) is 3.04. The van der Waals surface area contributed by atoms with Gasteiger partial charge in [-0.15, -0.1) is 0 Å². The average molecular weight is 502 g/mol. The van der Waals surface area contributed by atoms with Gasteiger partial charge in [0.15, 0.2) is 5.65 Å². The smallest absolute Gasteiger partial charge is 0.164 e. The van der Waals surface area contributed by atoms with Crippen LogP contribution in [0, 0.1) is 6.92 Å². The molecule has 0 unspecified atom stereocenters. The number of halogens is 1. The van der Waals surface area contributed by atoms with Gasteiger partial charge in [-0.3, -0.25) is 0 Å². The van der Waals surface area contributed by atoms with Gasteiger partial charge in [0.1, 0.15) is 35.4 Å². The monoisotopic (exact) mass is 501 g/mol. The number of hydrogen-bond acceptors (Lipinski definition) is 8. The summed E-state index contributed by atoms with van der Waals surface area (Å²) in [7, 11) is 0. The van der Waals surface area contributed by atoms with E-state index in [2.05, 4.69) is 25.3 Å². The molecule has 0 saturated carbocycles. The van der Waals surface area contributed by atoms with E-state index in [1.165, 1.54) is 6.33 Å². The highest BCUT2D eigenvalue weighted by Gasteiger charge is 2.12. The molecule has 0 bridgehead atoms. The highest BCUT2D eigenvalue weighted by atomic mass is 35.5. The first-order chi connectivity index (χ1) is 17.0. The largest absolute Gasteiger partial charge is 0.508 e. The standard InChI is InChI=1S/C26H20ClN5O2S/c1-16-5-11-21-25(30-16)28-15-29-26(21)32-22-13-19(34-14-17-3-2-4-24(27)31-17)8-12-23(22)35-20-9-6-18(33)7-10-20/h2-13,15,33H,14H2,1H3,(H,28,29,30,32). The zero-order valence-electron chi connectivity index (χ0n) is 18.6. The Labute approximate surface area is 211 Å². The Morgan fingerprint density at radius 1 is 0.971 bits per heavy atom. The van der Waals surface area contributed by atoms with Gasteiger partial charge < -0.3 is 15.2 Å². The van der Waals surface area contributed by atoms with Crippen molar-refractivity contribution in [2.45, 2.75) is 23.3 Å². The summed E-state index contributed by atoms with van der Waals surface area (Å²) in [5, 5.41) is 14.3. The lowest BCUT2D eigenvalue weighted by Gasteiger charge is -2.15. The number of anilines is 2. The Balaban J connectivity index is 1.48. The Morgan fingerprint density at radius 2 is 1.83 bits per heavy atom. The van der Waals surface area contributed by atoms with Gasteiger partial charge in [-0.2, -0.15) is 0 Å². The van der Waals surface area contributed by atoms with E-state index in [9.17, 15) is 5.11 Å². The number of rotatable bonds is 7. The van der Waals surface area contributed by atoms with Crippen LogP contribution in [0.4, 0.5) is 11.5 Å². The van der Waals surface area contributed by atoms with Crippen molar-refractivity contribution >= 4 is 45.9 Å². The fourth-order valence-corrected chi connectivity index (χ4v) is 4.44. The molecule has 0 amide bonds. The first-order valence-electron chi connectivity index (χ1n) is 10.7. The van der Waals surface area contributed by atoms with Crippen LogP contribution in [-0.4, -0.2) is 25.0 Å². The lowest BCUT2D eigenvalue weighted by Crippen LogP contribution is -2.01. The van der Waals surface area contributed by atoms with E-state index in [1.54, 1.807) is 30.0 Å². The van der Waals surface area contributed by atoms with Crippen LogP contribution >= 0.6 is 23.4 Å². The second-order valence-electron chi connectivity index (χ2n) is 7.67. The number of nitrogens with zero attached hydrogens (tertiary/aromatic N) is 4. The molecule has 0 spiro atoms. The van der Waals surface area contributed by atoms with Crippen molar-refractivity contribution in [2.75, 3.05) is 5.32 Å². The molecule has 9 heteroatoms. The molecule has 3 heterocycles. The van der Waals surface area contributed by atoms with E-state index in [-0.39, 0.29) is 12.4 Å². The van der Waals surface area contributed by atoms with Crippen LogP contribution in [0.3, 0.4) is 0 Å². The fraction of sp³-hybridized carbons (Fsp3) is 0.0769. The molecule has 0 radical (unpaired) electrons. The van der Waals surface area contributed by atoms with E-state index in [1.807, 2.05) is 61.5 Å². The molecule has 0 aliphatic rings. The Kier molecular flexibility index (Phi) is 6.65. The quantitative estimate of drug-likeness (QED) is 0.242. The van der Waals surface area contributed by atoms with E-state index in [0.717, 1.165) is 32.3 Å². The second-order valence-corrected chi connectivity index (χ2v) is 9.17. The molecule has 35 heavy (non-hydrogen) atoms. The Hall–Kier alpha value is -3.88. The molecule has 5 rings (SSSR count). The number of phenolic OH excluding ortho intramolecular Hbond substituents is 1. The molecule has 7 nitrogen and oxygen atoms in total. The fourth-order valence-electron chi connectivity index (χ4n) is 3.38. The summed E-state index contributed by atoms with van der Waals surface area (Å²) in [5.74, 6) is 1.53. The van der Waals surface area contributed by atoms with Gasteiger partial charge in [-0.05, 0) is 67.6 Å². The van der Waals surface area contributed by atoms with Gasteiger partial charge >= 0.3 is 0 Å². The van der Waals surface area contributed by atoms with Gasteiger partial charge in [0.2, 0.25) is 0 Å². The minimum absolute atomic E-state index is 0.223. The molecular formula is C26H20ClN5O2S. The van der Waals surface area contributed by atoms with Crippen LogP contribution in [0.25, 0.3) is 11.0 Å². The number of fused-ring (bicyclic) bond motifs is 1.